The molecule has 3 aromatic rings. The molecule has 3 aromatic carbocycles. The Morgan fingerprint density at radius 1 is 1.10 bits per heavy atom. The molecule has 0 amide bonds. The van der Waals surface area contributed by atoms with Gasteiger partial charge in [-0.2, -0.15) is 0 Å². The fourth-order valence-electron chi connectivity index (χ4n) is 3.57. The summed E-state index contributed by atoms with van der Waals surface area (Å²) >= 11 is 6.09. The zero-order valence-electron chi connectivity index (χ0n) is 16.0. The van der Waals surface area contributed by atoms with Crippen LogP contribution in [0.25, 0.3) is 10.8 Å². The van der Waals surface area contributed by atoms with Crippen molar-refractivity contribution < 1.29 is 13.2 Å². The van der Waals surface area contributed by atoms with E-state index in [4.69, 9.17) is 16.3 Å². The molecule has 0 aromatic heterocycles. The minimum absolute atomic E-state index is 0.0689. The largest absolute Gasteiger partial charge is 0.492 e. The number of aliphatic imine (C=N–C) groups is 1. The van der Waals surface area contributed by atoms with E-state index in [9.17, 15) is 8.42 Å². The van der Waals surface area contributed by atoms with E-state index >= 15 is 0 Å². The molecule has 0 aliphatic carbocycles. The van der Waals surface area contributed by atoms with E-state index in [1.807, 2.05) is 49.4 Å². The normalized spacial score (nSPS) is 14.3. The lowest BCUT2D eigenvalue weighted by Gasteiger charge is -2.22. The SMILES string of the molecule is CCOc1ccc(Cl)cc1S(=O)(=O)N1CCN=C1Cc1cccc2ccccc12. The number of ether oxygens (including phenoxy) is 1. The number of hydrogen-bond donors (Lipinski definition) is 0. The second kappa shape index (κ2) is 8.05. The molecule has 0 spiro atoms. The summed E-state index contributed by atoms with van der Waals surface area (Å²) in [6.07, 6.45) is 0.436. The molecular formula is C22H21ClN2O3S. The maximum Gasteiger partial charge on any atom is 0.269 e. The van der Waals surface area contributed by atoms with Gasteiger partial charge in [-0.15, -0.1) is 0 Å². The van der Waals surface area contributed by atoms with E-state index in [0.29, 0.717) is 42.7 Å². The summed E-state index contributed by atoms with van der Waals surface area (Å²) in [7, 11) is -3.84. The summed E-state index contributed by atoms with van der Waals surface area (Å²) in [4.78, 5) is 4.57. The van der Waals surface area contributed by atoms with Gasteiger partial charge in [0.15, 0.2) is 0 Å². The molecule has 29 heavy (non-hydrogen) atoms. The number of fused-ring (bicyclic) bond motifs is 1. The quantitative estimate of drug-likeness (QED) is 0.579. The predicted molar refractivity (Wildman–Crippen MR) is 116 cm³/mol. The Morgan fingerprint density at radius 3 is 2.72 bits per heavy atom. The molecule has 1 aliphatic heterocycles. The minimum Gasteiger partial charge on any atom is -0.492 e. The van der Waals surface area contributed by atoms with E-state index in [1.54, 1.807) is 12.1 Å². The van der Waals surface area contributed by atoms with Crippen molar-refractivity contribution in [2.24, 2.45) is 4.99 Å². The Morgan fingerprint density at radius 2 is 1.90 bits per heavy atom. The lowest BCUT2D eigenvalue weighted by Crippen LogP contribution is -2.35. The second-order valence-electron chi connectivity index (χ2n) is 6.71. The monoisotopic (exact) mass is 428 g/mol. The van der Waals surface area contributed by atoms with Crippen molar-refractivity contribution in [2.75, 3.05) is 19.7 Å². The van der Waals surface area contributed by atoms with E-state index in [2.05, 4.69) is 4.99 Å². The van der Waals surface area contributed by atoms with E-state index in [-0.39, 0.29) is 4.90 Å². The molecule has 0 radical (unpaired) electrons. The van der Waals surface area contributed by atoms with Crippen molar-refractivity contribution >= 4 is 38.2 Å². The van der Waals surface area contributed by atoms with E-state index in [1.165, 1.54) is 10.4 Å². The average molecular weight is 429 g/mol. The fraction of sp³-hybridized carbons (Fsp3) is 0.227. The van der Waals surface area contributed by atoms with Crippen LogP contribution in [0.3, 0.4) is 0 Å². The number of nitrogens with zero attached hydrogens (tertiary/aromatic N) is 2. The van der Waals surface area contributed by atoms with Crippen molar-refractivity contribution in [1.29, 1.82) is 0 Å². The van der Waals surface area contributed by atoms with E-state index < -0.39 is 10.0 Å². The summed E-state index contributed by atoms with van der Waals surface area (Å²) in [6.45, 7) is 2.92. The highest BCUT2D eigenvalue weighted by atomic mass is 35.5. The molecule has 0 fully saturated rings. The number of amidine groups is 1. The number of rotatable bonds is 6. The van der Waals surface area contributed by atoms with Crippen LogP contribution in [0.5, 0.6) is 5.75 Å². The molecule has 0 bridgehead atoms. The van der Waals surface area contributed by atoms with Crippen LogP contribution >= 0.6 is 11.6 Å². The first-order valence-corrected chi connectivity index (χ1v) is 11.3. The first-order chi connectivity index (χ1) is 14.0. The summed E-state index contributed by atoms with van der Waals surface area (Å²) in [5.74, 6) is 0.831. The molecule has 0 unspecified atom stereocenters. The van der Waals surface area contributed by atoms with Gasteiger partial charge in [0.05, 0.1) is 19.7 Å². The first kappa shape index (κ1) is 19.7. The van der Waals surface area contributed by atoms with Gasteiger partial charge in [0, 0.05) is 11.4 Å². The molecule has 4 rings (SSSR count). The van der Waals surface area contributed by atoms with Crippen molar-refractivity contribution in [3.05, 3.63) is 71.2 Å². The van der Waals surface area contributed by atoms with Gasteiger partial charge in [-0.25, -0.2) is 8.42 Å². The van der Waals surface area contributed by atoms with E-state index in [0.717, 1.165) is 16.3 Å². The Hall–Kier alpha value is -2.57. The van der Waals surface area contributed by atoms with Gasteiger partial charge < -0.3 is 4.74 Å². The number of benzene rings is 3. The van der Waals surface area contributed by atoms with Crippen LogP contribution in [0.15, 0.2) is 70.6 Å². The van der Waals surface area contributed by atoms with Gasteiger partial charge in [0.25, 0.3) is 10.0 Å². The van der Waals surface area contributed by atoms with Crippen LogP contribution in [0.4, 0.5) is 0 Å². The molecule has 1 aliphatic rings. The van der Waals surface area contributed by atoms with Crippen LogP contribution in [-0.4, -0.2) is 38.3 Å². The fourth-order valence-corrected chi connectivity index (χ4v) is 5.43. The lowest BCUT2D eigenvalue weighted by molar-refractivity contribution is 0.330. The zero-order valence-corrected chi connectivity index (χ0v) is 17.6. The first-order valence-electron chi connectivity index (χ1n) is 9.46. The van der Waals surface area contributed by atoms with Crippen molar-refractivity contribution in [3.8, 4) is 5.75 Å². The molecule has 0 saturated heterocycles. The van der Waals surface area contributed by atoms with Gasteiger partial charge in [-0.1, -0.05) is 54.1 Å². The third kappa shape index (κ3) is 3.82. The highest BCUT2D eigenvalue weighted by Gasteiger charge is 2.33. The van der Waals surface area contributed by atoms with Crippen LogP contribution in [0.1, 0.15) is 12.5 Å². The zero-order chi connectivity index (χ0) is 20.4. The van der Waals surface area contributed by atoms with Crippen LogP contribution in [0.2, 0.25) is 5.02 Å². The predicted octanol–water partition coefficient (Wildman–Crippen LogP) is 4.54. The van der Waals surface area contributed by atoms with Crippen LogP contribution in [0, 0.1) is 0 Å². The average Bonchev–Trinajstić information content (AvgIpc) is 3.19. The summed E-state index contributed by atoms with van der Waals surface area (Å²) in [6, 6.07) is 18.8. The highest BCUT2D eigenvalue weighted by molar-refractivity contribution is 7.89. The van der Waals surface area contributed by atoms with Gasteiger partial charge in [0.1, 0.15) is 16.5 Å². The minimum atomic E-state index is -3.84. The summed E-state index contributed by atoms with van der Waals surface area (Å²) in [5, 5.41) is 2.56. The summed E-state index contributed by atoms with van der Waals surface area (Å²) in [5.41, 5.74) is 1.04. The maximum absolute atomic E-state index is 13.5. The molecule has 0 atom stereocenters. The molecule has 0 N–H and O–H groups in total. The molecular weight excluding hydrogens is 408 g/mol. The second-order valence-corrected chi connectivity index (χ2v) is 8.98. The summed E-state index contributed by atoms with van der Waals surface area (Å²) < 4.78 is 33.8. The van der Waals surface area contributed by atoms with Gasteiger partial charge in [-0.05, 0) is 41.5 Å². The molecule has 5 nitrogen and oxygen atoms in total. The molecule has 1 heterocycles. The lowest BCUT2D eigenvalue weighted by atomic mass is 10.0. The number of sulfonamides is 1. The smallest absolute Gasteiger partial charge is 0.269 e. The topological polar surface area (TPSA) is 59.0 Å². The Kier molecular flexibility index (Phi) is 5.48. The standard InChI is InChI=1S/C22H21ClN2O3S/c1-2-28-20-11-10-18(23)15-21(20)29(26,27)25-13-12-24-22(25)14-17-8-5-7-16-6-3-4-9-19(16)17/h3-11,15H,2,12-14H2,1H3. The van der Waals surface area contributed by atoms with Gasteiger partial charge in [-0.3, -0.25) is 9.30 Å². The molecule has 7 heteroatoms. The van der Waals surface area contributed by atoms with Crippen molar-refractivity contribution in [2.45, 2.75) is 18.2 Å². The Bertz CT molecular complexity index is 1190. The van der Waals surface area contributed by atoms with Gasteiger partial charge >= 0.3 is 0 Å². The number of hydrogen-bond acceptors (Lipinski definition) is 4. The van der Waals surface area contributed by atoms with Crippen LogP contribution in [-0.2, 0) is 16.4 Å². The van der Waals surface area contributed by atoms with Crippen LogP contribution < -0.4 is 4.74 Å². The maximum atomic E-state index is 13.5. The Balaban J connectivity index is 1.70. The Labute approximate surface area is 175 Å². The molecule has 0 saturated carbocycles. The third-order valence-electron chi connectivity index (χ3n) is 4.89. The molecule has 150 valence electrons. The highest BCUT2D eigenvalue weighted by Crippen LogP contribution is 2.31. The van der Waals surface area contributed by atoms with Crippen molar-refractivity contribution in [3.63, 3.8) is 0 Å². The number of halogens is 1. The van der Waals surface area contributed by atoms with Crippen molar-refractivity contribution in [1.82, 2.24) is 4.31 Å². The third-order valence-corrected chi connectivity index (χ3v) is 6.97. The van der Waals surface area contributed by atoms with Gasteiger partial charge in [0.2, 0.25) is 0 Å².